The first kappa shape index (κ1) is 12.3. The highest BCUT2D eigenvalue weighted by atomic mass is 79.9. The summed E-state index contributed by atoms with van der Waals surface area (Å²) in [6, 6.07) is 8.31. The third kappa shape index (κ3) is 2.42. The van der Waals surface area contributed by atoms with Crippen molar-refractivity contribution < 1.29 is 0 Å². The van der Waals surface area contributed by atoms with E-state index in [0.29, 0.717) is 0 Å². The van der Waals surface area contributed by atoms with E-state index < -0.39 is 0 Å². The van der Waals surface area contributed by atoms with E-state index in [0.717, 1.165) is 22.5 Å². The fourth-order valence-corrected chi connectivity index (χ4v) is 2.36. The van der Waals surface area contributed by atoms with Crippen molar-refractivity contribution in [1.82, 2.24) is 14.9 Å². The van der Waals surface area contributed by atoms with Gasteiger partial charge in [-0.15, -0.1) is 0 Å². The molecule has 0 atom stereocenters. The van der Waals surface area contributed by atoms with Gasteiger partial charge >= 0.3 is 0 Å². The summed E-state index contributed by atoms with van der Waals surface area (Å²) in [5.41, 5.74) is 3.46. The number of imidazole rings is 1. The van der Waals surface area contributed by atoms with Gasteiger partial charge in [0.2, 0.25) is 0 Å². The van der Waals surface area contributed by atoms with Crippen LogP contribution in [0.3, 0.4) is 0 Å². The van der Waals surface area contributed by atoms with Crippen molar-refractivity contribution >= 4 is 15.9 Å². The van der Waals surface area contributed by atoms with Crippen LogP contribution in [0.1, 0.15) is 11.5 Å². The summed E-state index contributed by atoms with van der Waals surface area (Å²) in [4.78, 5) is 4.59. The van der Waals surface area contributed by atoms with Gasteiger partial charge in [0, 0.05) is 23.6 Å². The van der Waals surface area contributed by atoms with Crippen molar-refractivity contribution in [3.8, 4) is 11.3 Å². The van der Waals surface area contributed by atoms with E-state index in [-0.39, 0.29) is 0 Å². The molecule has 0 saturated carbocycles. The van der Waals surface area contributed by atoms with Gasteiger partial charge in [0.25, 0.3) is 0 Å². The maximum atomic E-state index is 4.59. The van der Waals surface area contributed by atoms with Gasteiger partial charge in [-0.3, -0.25) is 0 Å². The van der Waals surface area contributed by atoms with Crippen LogP contribution in [0, 0.1) is 6.92 Å². The zero-order valence-corrected chi connectivity index (χ0v) is 11.9. The van der Waals surface area contributed by atoms with Crippen LogP contribution in [-0.4, -0.2) is 16.6 Å². The van der Waals surface area contributed by atoms with Crippen LogP contribution in [0.2, 0.25) is 0 Å². The number of nitrogens with zero attached hydrogens (tertiary/aromatic N) is 2. The molecule has 0 saturated heterocycles. The van der Waals surface area contributed by atoms with Gasteiger partial charge in [-0.25, -0.2) is 4.98 Å². The Labute approximate surface area is 110 Å². The van der Waals surface area contributed by atoms with E-state index >= 15 is 0 Å². The van der Waals surface area contributed by atoms with Crippen LogP contribution < -0.4 is 5.32 Å². The molecule has 1 aromatic carbocycles. The second-order valence-corrected chi connectivity index (χ2v) is 4.97. The third-order valence-electron chi connectivity index (χ3n) is 2.83. The molecule has 2 aromatic rings. The van der Waals surface area contributed by atoms with E-state index in [1.807, 2.05) is 26.1 Å². The molecular weight excluding hydrogens is 278 g/mol. The number of aryl methyl sites for hydroxylation is 1. The Morgan fingerprint density at radius 1 is 1.41 bits per heavy atom. The molecule has 0 unspecified atom stereocenters. The molecule has 0 aliphatic rings. The van der Waals surface area contributed by atoms with Crippen LogP contribution >= 0.6 is 15.9 Å². The molecule has 0 bridgehead atoms. The number of hydrogen-bond donors (Lipinski definition) is 1. The van der Waals surface area contributed by atoms with Crippen LogP contribution in [0.4, 0.5) is 0 Å². The fourth-order valence-electron chi connectivity index (χ4n) is 1.97. The summed E-state index contributed by atoms with van der Waals surface area (Å²) in [6.45, 7) is 2.81. The fraction of sp³-hybridized carbons (Fsp3) is 0.308. The number of nitrogens with one attached hydrogen (secondary N) is 1. The molecule has 90 valence electrons. The monoisotopic (exact) mass is 293 g/mol. The molecule has 0 radical (unpaired) electrons. The highest BCUT2D eigenvalue weighted by molar-refractivity contribution is 9.10. The average Bonchev–Trinajstić information content (AvgIpc) is 2.55. The van der Waals surface area contributed by atoms with Crippen molar-refractivity contribution in [2.45, 2.75) is 13.5 Å². The van der Waals surface area contributed by atoms with Crippen LogP contribution in [-0.2, 0) is 13.6 Å². The quantitative estimate of drug-likeness (QED) is 0.943. The van der Waals surface area contributed by atoms with Gasteiger partial charge in [-0.2, -0.15) is 0 Å². The first-order chi connectivity index (χ1) is 8.13. The molecule has 1 heterocycles. The van der Waals surface area contributed by atoms with Gasteiger partial charge in [0.1, 0.15) is 5.82 Å². The van der Waals surface area contributed by atoms with Gasteiger partial charge in [0.15, 0.2) is 0 Å². The Bertz CT molecular complexity index is 531. The third-order valence-corrected chi connectivity index (χ3v) is 3.33. The van der Waals surface area contributed by atoms with Gasteiger partial charge in [-0.1, -0.05) is 28.1 Å². The molecular formula is C13H16BrN3. The Kier molecular flexibility index (Phi) is 3.64. The van der Waals surface area contributed by atoms with E-state index in [2.05, 4.69) is 50.0 Å². The summed E-state index contributed by atoms with van der Waals surface area (Å²) >= 11 is 3.51. The van der Waals surface area contributed by atoms with Crippen LogP contribution in [0.25, 0.3) is 11.3 Å². The minimum Gasteiger partial charge on any atom is -0.331 e. The maximum absolute atomic E-state index is 4.59. The molecule has 3 nitrogen and oxygen atoms in total. The molecule has 0 aliphatic carbocycles. The second kappa shape index (κ2) is 5.02. The molecule has 0 aliphatic heterocycles. The van der Waals surface area contributed by atoms with Gasteiger partial charge in [0.05, 0.1) is 11.4 Å². The van der Waals surface area contributed by atoms with Gasteiger partial charge < -0.3 is 9.88 Å². The second-order valence-electron chi connectivity index (χ2n) is 4.05. The molecule has 1 aromatic heterocycles. The molecule has 0 amide bonds. The lowest BCUT2D eigenvalue weighted by atomic mass is 10.1. The largest absolute Gasteiger partial charge is 0.331 e. The summed E-state index contributed by atoms with van der Waals surface area (Å²) < 4.78 is 3.22. The minimum atomic E-state index is 0.781. The predicted molar refractivity (Wildman–Crippen MR) is 73.8 cm³/mol. The van der Waals surface area contributed by atoms with Crippen molar-refractivity contribution in [3.05, 3.63) is 40.3 Å². The lowest BCUT2D eigenvalue weighted by Gasteiger charge is -2.07. The smallest absolute Gasteiger partial charge is 0.106 e. The van der Waals surface area contributed by atoms with Crippen molar-refractivity contribution in [2.24, 2.45) is 7.05 Å². The summed E-state index contributed by atoms with van der Waals surface area (Å²) in [5.74, 6) is 1.03. The summed E-state index contributed by atoms with van der Waals surface area (Å²) in [7, 11) is 3.99. The molecule has 0 fully saturated rings. The Hall–Kier alpha value is -1.13. The van der Waals surface area contributed by atoms with Crippen molar-refractivity contribution in [3.63, 3.8) is 0 Å². The average molecular weight is 294 g/mol. The van der Waals surface area contributed by atoms with Crippen LogP contribution in [0.5, 0.6) is 0 Å². The van der Waals surface area contributed by atoms with Crippen molar-refractivity contribution in [1.29, 1.82) is 0 Å². The maximum Gasteiger partial charge on any atom is 0.106 e. The standard InChI is InChI=1S/C13H16BrN3/c1-9-16-12(8-15-2)13(17(9)3)10-5-4-6-11(14)7-10/h4-7,15H,8H2,1-3H3. The van der Waals surface area contributed by atoms with E-state index in [1.54, 1.807) is 0 Å². The molecule has 17 heavy (non-hydrogen) atoms. The first-order valence-electron chi connectivity index (χ1n) is 5.56. The highest BCUT2D eigenvalue weighted by Crippen LogP contribution is 2.26. The molecule has 2 rings (SSSR count). The molecule has 1 N–H and O–H groups in total. The Balaban J connectivity index is 2.57. The Morgan fingerprint density at radius 3 is 2.82 bits per heavy atom. The minimum absolute atomic E-state index is 0.781. The Morgan fingerprint density at radius 2 is 2.18 bits per heavy atom. The number of halogens is 1. The first-order valence-corrected chi connectivity index (χ1v) is 6.35. The lowest BCUT2D eigenvalue weighted by molar-refractivity contribution is 0.796. The summed E-state index contributed by atoms with van der Waals surface area (Å²) in [6.07, 6.45) is 0. The summed E-state index contributed by atoms with van der Waals surface area (Å²) in [5, 5.41) is 3.16. The van der Waals surface area contributed by atoms with Crippen molar-refractivity contribution in [2.75, 3.05) is 7.05 Å². The number of aromatic nitrogens is 2. The van der Waals surface area contributed by atoms with E-state index in [9.17, 15) is 0 Å². The normalized spacial score (nSPS) is 10.8. The number of hydrogen-bond acceptors (Lipinski definition) is 2. The topological polar surface area (TPSA) is 29.9 Å². The zero-order valence-electron chi connectivity index (χ0n) is 10.3. The molecule has 4 heteroatoms. The molecule has 0 spiro atoms. The predicted octanol–water partition coefficient (Wildman–Crippen LogP) is 2.88. The SMILES string of the molecule is CNCc1nc(C)n(C)c1-c1cccc(Br)c1. The number of benzene rings is 1. The van der Waals surface area contributed by atoms with Crippen LogP contribution in [0.15, 0.2) is 28.7 Å². The lowest BCUT2D eigenvalue weighted by Crippen LogP contribution is -2.07. The van der Waals surface area contributed by atoms with Gasteiger partial charge in [-0.05, 0) is 26.1 Å². The van der Waals surface area contributed by atoms with E-state index in [1.165, 1.54) is 11.3 Å². The number of rotatable bonds is 3. The van der Waals surface area contributed by atoms with E-state index in [4.69, 9.17) is 0 Å². The highest BCUT2D eigenvalue weighted by Gasteiger charge is 2.13. The zero-order chi connectivity index (χ0) is 12.4.